The molecule has 1 aromatic carbocycles. The number of piperazine rings is 1. The molecule has 27 heavy (non-hydrogen) atoms. The monoisotopic (exact) mass is 382 g/mol. The van der Waals surface area contributed by atoms with E-state index in [4.69, 9.17) is 11.6 Å². The van der Waals surface area contributed by atoms with Crippen molar-refractivity contribution in [2.45, 2.75) is 13.1 Å². The molecule has 1 aliphatic rings. The fraction of sp³-hybridized carbons (Fsp3) is 0.286. The molecule has 4 nitrogen and oxygen atoms in total. The van der Waals surface area contributed by atoms with Gasteiger partial charge in [-0.3, -0.25) is 9.80 Å². The minimum atomic E-state index is -0.246. The molecule has 0 unspecified atom stereocenters. The van der Waals surface area contributed by atoms with E-state index in [-0.39, 0.29) is 5.82 Å². The van der Waals surface area contributed by atoms with E-state index in [1.54, 1.807) is 12.1 Å². The summed E-state index contributed by atoms with van der Waals surface area (Å²) in [5, 5.41) is 10.0. The normalized spacial score (nSPS) is 15.9. The summed E-state index contributed by atoms with van der Waals surface area (Å²) in [5.74, 6) is -0.246. The van der Waals surface area contributed by atoms with Crippen LogP contribution in [0.1, 0.15) is 16.7 Å². The van der Waals surface area contributed by atoms with Crippen LogP contribution in [-0.4, -0.2) is 40.4 Å². The van der Waals surface area contributed by atoms with Crippen molar-refractivity contribution < 1.29 is 4.39 Å². The number of pyridine rings is 1. The molecular formula is C21H20ClFN4. The first-order valence-electron chi connectivity index (χ1n) is 9.02. The molecule has 1 saturated heterocycles. The summed E-state index contributed by atoms with van der Waals surface area (Å²) in [7, 11) is 0. The van der Waals surface area contributed by atoms with E-state index in [0.29, 0.717) is 17.1 Å². The summed E-state index contributed by atoms with van der Waals surface area (Å²) in [6.07, 6.45) is 4.01. The molecule has 0 saturated carbocycles. The summed E-state index contributed by atoms with van der Waals surface area (Å²) in [4.78, 5) is 4.57. The van der Waals surface area contributed by atoms with E-state index in [9.17, 15) is 9.65 Å². The van der Waals surface area contributed by atoms with Crippen LogP contribution in [0.5, 0.6) is 0 Å². The number of rotatable bonds is 4. The molecule has 3 aromatic rings. The van der Waals surface area contributed by atoms with Gasteiger partial charge >= 0.3 is 0 Å². The van der Waals surface area contributed by atoms with Gasteiger partial charge in [0.25, 0.3) is 0 Å². The Bertz CT molecular complexity index is 979. The van der Waals surface area contributed by atoms with Crippen molar-refractivity contribution in [1.29, 1.82) is 5.26 Å². The maximum absolute atomic E-state index is 14.0. The van der Waals surface area contributed by atoms with Crippen molar-refractivity contribution in [3.05, 3.63) is 76.3 Å². The number of hydrogen-bond acceptors (Lipinski definition) is 3. The highest BCUT2D eigenvalue weighted by Crippen LogP contribution is 2.23. The zero-order valence-corrected chi connectivity index (χ0v) is 15.7. The maximum Gasteiger partial charge on any atom is 0.129 e. The number of benzene rings is 1. The Hall–Kier alpha value is -2.39. The molecule has 2 aromatic heterocycles. The molecule has 0 atom stereocenters. The van der Waals surface area contributed by atoms with Gasteiger partial charge in [0.15, 0.2) is 0 Å². The van der Waals surface area contributed by atoms with Gasteiger partial charge in [0, 0.05) is 67.8 Å². The molecule has 3 heterocycles. The Morgan fingerprint density at radius 1 is 1.00 bits per heavy atom. The second-order valence-corrected chi connectivity index (χ2v) is 7.29. The Labute approximate surface area is 163 Å². The highest BCUT2D eigenvalue weighted by Gasteiger charge is 2.21. The molecular weight excluding hydrogens is 363 g/mol. The minimum Gasteiger partial charge on any atom is -0.322 e. The first-order chi connectivity index (χ1) is 13.2. The van der Waals surface area contributed by atoms with Crippen LogP contribution in [0.3, 0.4) is 0 Å². The van der Waals surface area contributed by atoms with E-state index in [2.05, 4.69) is 15.9 Å². The fourth-order valence-electron chi connectivity index (χ4n) is 3.68. The molecule has 1 fully saturated rings. The third-order valence-electron chi connectivity index (χ3n) is 5.18. The number of fused-ring (bicyclic) bond motifs is 1. The van der Waals surface area contributed by atoms with Crippen molar-refractivity contribution in [1.82, 2.24) is 14.2 Å². The predicted octanol–water partition coefficient (Wildman–Crippen LogP) is 3.92. The number of nitriles is 1. The predicted molar refractivity (Wildman–Crippen MR) is 104 cm³/mol. The van der Waals surface area contributed by atoms with Crippen molar-refractivity contribution >= 4 is 17.1 Å². The molecule has 0 amide bonds. The van der Waals surface area contributed by atoms with Crippen LogP contribution in [0.2, 0.25) is 5.02 Å². The average Bonchev–Trinajstić information content (AvgIpc) is 3.03. The summed E-state index contributed by atoms with van der Waals surface area (Å²) in [5.41, 5.74) is 3.31. The van der Waals surface area contributed by atoms with Crippen molar-refractivity contribution in [3.63, 3.8) is 0 Å². The van der Waals surface area contributed by atoms with Gasteiger partial charge in [-0.15, -0.1) is 0 Å². The van der Waals surface area contributed by atoms with Gasteiger partial charge in [-0.05, 0) is 24.3 Å². The van der Waals surface area contributed by atoms with Gasteiger partial charge in [0.1, 0.15) is 11.9 Å². The number of aromatic nitrogens is 1. The van der Waals surface area contributed by atoms with Gasteiger partial charge in [-0.2, -0.15) is 5.26 Å². The fourth-order valence-corrected chi connectivity index (χ4v) is 3.90. The molecule has 6 heteroatoms. The molecule has 0 spiro atoms. The van der Waals surface area contributed by atoms with Crippen LogP contribution in [-0.2, 0) is 13.1 Å². The molecule has 4 rings (SSSR count). The quantitative estimate of drug-likeness (QED) is 0.686. The van der Waals surface area contributed by atoms with Gasteiger partial charge < -0.3 is 4.40 Å². The van der Waals surface area contributed by atoms with E-state index < -0.39 is 0 Å². The van der Waals surface area contributed by atoms with Gasteiger partial charge in [0.05, 0.1) is 11.1 Å². The first kappa shape index (κ1) is 18.0. The van der Waals surface area contributed by atoms with E-state index in [1.807, 2.05) is 35.0 Å². The minimum absolute atomic E-state index is 0.246. The maximum atomic E-state index is 14.0. The van der Waals surface area contributed by atoms with Crippen LogP contribution in [0.4, 0.5) is 4.39 Å². The molecule has 0 bridgehead atoms. The van der Waals surface area contributed by atoms with Gasteiger partial charge in [0.2, 0.25) is 0 Å². The van der Waals surface area contributed by atoms with E-state index in [0.717, 1.165) is 49.4 Å². The van der Waals surface area contributed by atoms with Crippen LogP contribution < -0.4 is 0 Å². The Morgan fingerprint density at radius 3 is 2.44 bits per heavy atom. The van der Waals surface area contributed by atoms with Crippen LogP contribution in [0, 0.1) is 17.1 Å². The third kappa shape index (κ3) is 3.70. The summed E-state index contributed by atoms with van der Waals surface area (Å²) >= 11 is 6.15. The smallest absolute Gasteiger partial charge is 0.129 e. The second kappa shape index (κ2) is 7.69. The van der Waals surface area contributed by atoms with Crippen LogP contribution >= 0.6 is 11.6 Å². The van der Waals surface area contributed by atoms with Gasteiger partial charge in [-0.1, -0.05) is 23.7 Å². The Balaban J connectivity index is 1.41. The molecule has 0 radical (unpaired) electrons. The first-order valence-corrected chi connectivity index (χ1v) is 9.40. The number of halogens is 2. The van der Waals surface area contributed by atoms with Crippen molar-refractivity contribution in [2.75, 3.05) is 26.2 Å². The molecule has 1 aliphatic heterocycles. The number of hydrogen-bond donors (Lipinski definition) is 0. The third-order valence-corrected chi connectivity index (χ3v) is 5.53. The lowest BCUT2D eigenvalue weighted by Gasteiger charge is -2.34. The van der Waals surface area contributed by atoms with Crippen molar-refractivity contribution in [2.24, 2.45) is 0 Å². The number of nitrogens with zero attached hydrogens (tertiary/aromatic N) is 4. The molecule has 0 aliphatic carbocycles. The zero-order valence-electron chi connectivity index (χ0n) is 14.9. The van der Waals surface area contributed by atoms with E-state index in [1.165, 1.54) is 6.07 Å². The van der Waals surface area contributed by atoms with Crippen molar-refractivity contribution in [3.8, 4) is 6.07 Å². The molecule has 0 N–H and O–H groups in total. The standard InChI is InChI=1S/C21H20ClFN4/c22-19-4-3-5-20(23)18(19)15-26-10-8-25(9-11-26)13-16-14-27-7-2-1-6-21(27)17(16)12-24/h1-7,14H,8-11,13,15H2. The average molecular weight is 383 g/mol. The van der Waals surface area contributed by atoms with Gasteiger partial charge in [-0.25, -0.2) is 4.39 Å². The summed E-state index contributed by atoms with van der Waals surface area (Å²) in [6, 6.07) is 13.1. The summed E-state index contributed by atoms with van der Waals surface area (Å²) < 4.78 is 16.0. The Kier molecular flexibility index (Phi) is 5.13. The largest absolute Gasteiger partial charge is 0.322 e. The van der Waals surface area contributed by atoms with Crippen LogP contribution in [0.15, 0.2) is 48.8 Å². The second-order valence-electron chi connectivity index (χ2n) is 6.89. The lowest BCUT2D eigenvalue weighted by Crippen LogP contribution is -2.45. The van der Waals surface area contributed by atoms with Crippen LogP contribution in [0.25, 0.3) is 5.52 Å². The SMILES string of the molecule is N#Cc1c(CN2CCN(Cc3c(F)cccc3Cl)CC2)cn2ccccc12. The topological polar surface area (TPSA) is 34.7 Å². The highest BCUT2D eigenvalue weighted by atomic mass is 35.5. The molecule has 138 valence electrons. The van der Waals surface area contributed by atoms with E-state index >= 15 is 0 Å². The Morgan fingerprint density at radius 2 is 1.74 bits per heavy atom. The zero-order chi connectivity index (χ0) is 18.8. The lowest BCUT2D eigenvalue weighted by atomic mass is 10.1. The summed E-state index contributed by atoms with van der Waals surface area (Å²) in [6.45, 7) is 4.73. The lowest BCUT2D eigenvalue weighted by molar-refractivity contribution is 0.121. The highest BCUT2D eigenvalue weighted by molar-refractivity contribution is 6.31.